The number of anilines is 1. The molecule has 0 aromatic heterocycles. The summed E-state index contributed by atoms with van der Waals surface area (Å²) in [4.78, 5) is 12.1. The van der Waals surface area contributed by atoms with Crippen molar-refractivity contribution in [3.8, 4) is 0 Å². The molecule has 0 fully saturated rings. The highest BCUT2D eigenvalue weighted by molar-refractivity contribution is 6.04. The van der Waals surface area contributed by atoms with E-state index in [9.17, 15) is 4.79 Å². The third-order valence-corrected chi connectivity index (χ3v) is 3.75. The molecule has 0 aliphatic rings. The summed E-state index contributed by atoms with van der Waals surface area (Å²) in [6.45, 7) is 6.79. The first-order valence-electron chi connectivity index (χ1n) is 7.11. The van der Waals surface area contributed by atoms with Gasteiger partial charge in [-0.2, -0.15) is 0 Å². The summed E-state index contributed by atoms with van der Waals surface area (Å²) >= 11 is 0. The maximum atomic E-state index is 12.1. The minimum absolute atomic E-state index is 0.0561. The zero-order valence-electron chi connectivity index (χ0n) is 12.8. The molecular weight excluding hydrogens is 260 g/mol. The predicted molar refractivity (Wildman–Crippen MR) is 87.7 cm³/mol. The lowest BCUT2D eigenvalue weighted by atomic mass is 9.85. The SMILES string of the molecule is Cc1ccc(C(=O)Nc2ccc(C(C)(C)CN)cc2)cc1. The maximum absolute atomic E-state index is 12.1. The Morgan fingerprint density at radius 1 is 1.05 bits per heavy atom. The number of aryl methyl sites for hydroxylation is 1. The predicted octanol–water partition coefficient (Wildman–Crippen LogP) is 3.48. The average molecular weight is 282 g/mol. The van der Waals surface area contributed by atoms with Crippen molar-refractivity contribution in [3.05, 3.63) is 65.2 Å². The Morgan fingerprint density at radius 2 is 1.62 bits per heavy atom. The van der Waals surface area contributed by atoms with Crippen molar-refractivity contribution >= 4 is 11.6 Å². The summed E-state index contributed by atoms with van der Waals surface area (Å²) in [5.74, 6) is -0.0964. The van der Waals surface area contributed by atoms with Gasteiger partial charge < -0.3 is 11.1 Å². The number of nitrogens with two attached hydrogens (primary N) is 1. The highest BCUT2D eigenvalue weighted by Crippen LogP contribution is 2.23. The monoisotopic (exact) mass is 282 g/mol. The first-order valence-corrected chi connectivity index (χ1v) is 7.11. The van der Waals surface area contributed by atoms with Gasteiger partial charge in [0.1, 0.15) is 0 Å². The molecule has 0 bridgehead atoms. The topological polar surface area (TPSA) is 55.1 Å². The standard InChI is InChI=1S/C18H22N2O/c1-13-4-6-14(7-5-13)17(21)20-16-10-8-15(9-11-16)18(2,3)12-19/h4-11H,12,19H2,1-3H3,(H,20,21). The third-order valence-electron chi connectivity index (χ3n) is 3.75. The van der Waals surface area contributed by atoms with Crippen LogP contribution >= 0.6 is 0 Å². The van der Waals surface area contributed by atoms with E-state index in [0.29, 0.717) is 12.1 Å². The number of amides is 1. The Hall–Kier alpha value is -2.13. The fourth-order valence-electron chi connectivity index (χ4n) is 2.03. The number of rotatable bonds is 4. The smallest absolute Gasteiger partial charge is 0.255 e. The van der Waals surface area contributed by atoms with E-state index in [1.807, 2.05) is 55.5 Å². The molecule has 0 radical (unpaired) electrons. The first kappa shape index (κ1) is 15.3. The number of carbonyl (C=O) groups excluding carboxylic acids is 1. The van der Waals surface area contributed by atoms with Crippen LogP contribution in [0.3, 0.4) is 0 Å². The summed E-state index contributed by atoms with van der Waals surface area (Å²) in [6, 6.07) is 15.4. The third kappa shape index (κ3) is 3.70. The molecule has 0 heterocycles. The van der Waals surface area contributed by atoms with Crippen LogP contribution in [0, 0.1) is 6.92 Å². The van der Waals surface area contributed by atoms with Gasteiger partial charge >= 0.3 is 0 Å². The second-order valence-corrected chi connectivity index (χ2v) is 5.99. The van der Waals surface area contributed by atoms with Gasteiger partial charge in [0.2, 0.25) is 0 Å². The van der Waals surface area contributed by atoms with E-state index in [0.717, 1.165) is 11.3 Å². The van der Waals surface area contributed by atoms with Crippen molar-refractivity contribution < 1.29 is 4.79 Å². The lowest BCUT2D eigenvalue weighted by Gasteiger charge is -2.23. The Bertz CT molecular complexity index is 613. The van der Waals surface area contributed by atoms with Crippen molar-refractivity contribution in [1.82, 2.24) is 0 Å². The van der Waals surface area contributed by atoms with Crippen LogP contribution in [0.5, 0.6) is 0 Å². The Morgan fingerprint density at radius 3 is 2.14 bits per heavy atom. The van der Waals surface area contributed by atoms with Crippen LogP contribution in [-0.2, 0) is 5.41 Å². The largest absolute Gasteiger partial charge is 0.330 e. The Labute approximate surface area is 126 Å². The van der Waals surface area contributed by atoms with E-state index >= 15 is 0 Å². The van der Waals surface area contributed by atoms with E-state index in [1.165, 1.54) is 5.56 Å². The van der Waals surface area contributed by atoms with Gasteiger partial charge in [-0.25, -0.2) is 0 Å². The molecule has 2 rings (SSSR count). The Kier molecular flexibility index (Phi) is 4.43. The molecule has 2 aromatic carbocycles. The molecule has 0 atom stereocenters. The van der Waals surface area contributed by atoms with Crippen molar-refractivity contribution in [2.45, 2.75) is 26.2 Å². The van der Waals surface area contributed by atoms with Crippen LogP contribution < -0.4 is 11.1 Å². The molecule has 0 saturated heterocycles. The fourth-order valence-corrected chi connectivity index (χ4v) is 2.03. The molecule has 0 unspecified atom stereocenters. The molecule has 2 aromatic rings. The van der Waals surface area contributed by atoms with Gasteiger partial charge in [0.15, 0.2) is 0 Å². The van der Waals surface area contributed by atoms with Gasteiger partial charge in [0.05, 0.1) is 0 Å². The fraction of sp³-hybridized carbons (Fsp3) is 0.278. The van der Waals surface area contributed by atoms with E-state index in [1.54, 1.807) is 0 Å². The molecule has 0 aliphatic heterocycles. The molecule has 1 amide bonds. The van der Waals surface area contributed by atoms with Crippen LogP contribution in [0.15, 0.2) is 48.5 Å². The Balaban J connectivity index is 2.10. The van der Waals surface area contributed by atoms with Crippen molar-refractivity contribution in [2.75, 3.05) is 11.9 Å². The number of hydrogen-bond acceptors (Lipinski definition) is 2. The second-order valence-electron chi connectivity index (χ2n) is 5.99. The summed E-state index contributed by atoms with van der Waals surface area (Å²) in [5, 5.41) is 2.90. The minimum atomic E-state index is -0.0964. The van der Waals surface area contributed by atoms with Crippen LogP contribution in [0.1, 0.15) is 35.3 Å². The molecular formula is C18H22N2O. The van der Waals surface area contributed by atoms with Crippen LogP contribution in [-0.4, -0.2) is 12.5 Å². The highest BCUT2D eigenvalue weighted by atomic mass is 16.1. The van der Waals surface area contributed by atoms with Gasteiger partial charge in [-0.15, -0.1) is 0 Å². The van der Waals surface area contributed by atoms with E-state index in [-0.39, 0.29) is 11.3 Å². The summed E-state index contributed by atoms with van der Waals surface area (Å²) in [7, 11) is 0. The molecule has 3 nitrogen and oxygen atoms in total. The highest BCUT2D eigenvalue weighted by Gasteiger charge is 2.18. The van der Waals surface area contributed by atoms with Crippen molar-refractivity contribution in [1.29, 1.82) is 0 Å². The van der Waals surface area contributed by atoms with E-state index in [4.69, 9.17) is 5.73 Å². The number of nitrogens with one attached hydrogen (secondary N) is 1. The molecule has 0 saturated carbocycles. The number of benzene rings is 2. The van der Waals surface area contributed by atoms with Crippen LogP contribution in [0.2, 0.25) is 0 Å². The van der Waals surface area contributed by atoms with Gasteiger partial charge in [0, 0.05) is 23.2 Å². The lowest BCUT2D eigenvalue weighted by Crippen LogP contribution is -2.27. The van der Waals surface area contributed by atoms with Gasteiger partial charge in [-0.1, -0.05) is 43.7 Å². The molecule has 0 spiro atoms. The van der Waals surface area contributed by atoms with Gasteiger partial charge in [-0.3, -0.25) is 4.79 Å². The number of carbonyl (C=O) groups is 1. The number of hydrogen-bond donors (Lipinski definition) is 2. The van der Waals surface area contributed by atoms with Crippen LogP contribution in [0.25, 0.3) is 0 Å². The zero-order valence-corrected chi connectivity index (χ0v) is 12.8. The van der Waals surface area contributed by atoms with Gasteiger partial charge in [-0.05, 0) is 36.8 Å². The average Bonchev–Trinajstić information content (AvgIpc) is 2.48. The molecule has 3 heteroatoms. The first-order chi connectivity index (χ1) is 9.92. The van der Waals surface area contributed by atoms with E-state index < -0.39 is 0 Å². The summed E-state index contributed by atoms with van der Waals surface area (Å²) in [5.41, 5.74) is 9.47. The molecule has 110 valence electrons. The second kappa shape index (κ2) is 6.10. The molecule has 3 N–H and O–H groups in total. The zero-order chi connectivity index (χ0) is 15.5. The van der Waals surface area contributed by atoms with Crippen molar-refractivity contribution in [2.24, 2.45) is 5.73 Å². The quantitative estimate of drug-likeness (QED) is 0.902. The minimum Gasteiger partial charge on any atom is -0.330 e. The van der Waals surface area contributed by atoms with E-state index in [2.05, 4.69) is 19.2 Å². The van der Waals surface area contributed by atoms with Gasteiger partial charge in [0.25, 0.3) is 5.91 Å². The normalized spacial score (nSPS) is 11.2. The van der Waals surface area contributed by atoms with Crippen LogP contribution in [0.4, 0.5) is 5.69 Å². The van der Waals surface area contributed by atoms with Crippen molar-refractivity contribution in [3.63, 3.8) is 0 Å². The summed E-state index contributed by atoms with van der Waals surface area (Å²) in [6.07, 6.45) is 0. The summed E-state index contributed by atoms with van der Waals surface area (Å²) < 4.78 is 0. The molecule has 21 heavy (non-hydrogen) atoms. The molecule has 0 aliphatic carbocycles. The maximum Gasteiger partial charge on any atom is 0.255 e. The lowest BCUT2D eigenvalue weighted by molar-refractivity contribution is 0.102.